The first-order chi connectivity index (χ1) is 9.39. The number of sulfonamides is 1. The van der Waals surface area contributed by atoms with Gasteiger partial charge < -0.3 is 5.73 Å². The number of nitrogens with one attached hydrogen (secondary N) is 1. The SMILES string of the molecule is CC1(CNS(=O)(=O)Cc2ccc(N)cc2)CCCCC1. The van der Waals surface area contributed by atoms with Crippen LogP contribution in [0.15, 0.2) is 24.3 Å². The van der Waals surface area contributed by atoms with Crippen LogP contribution in [0, 0.1) is 5.41 Å². The summed E-state index contributed by atoms with van der Waals surface area (Å²) in [6.07, 6.45) is 5.90. The molecule has 0 amide bonds. The Balaban J connectivity index is 1.92. The number of hydrogen-bond donors (Lipinski definition) is 2. The molecule has 1 aliphatic rings. The molecule has 112 valence electrons. The third-order valence-electron chi connectivity index (χ3n) is 4.12. The van der Waals surface area contributed by atoms with Crippen LogP contribution in [0.1, 0.15) is 44.6 Å². The number of benzene rings is 1. The van der Waals surface area contributed by atoms with E-state index in [-0.39, 0.29) is 11.2 Å². The monoisotopic (exact) mass is 296 g/mol. The van der Waals surface area contributed by atoms with E-state index in [1.807, 2.05) is 0 Å². The average Bonchev–Trinajstić information content (AvgIpc) is 2.40. The second-order valence-corrected chi connectivity index (χ2v) is 8.00. The fourth-order valence-electron chi connectivity index (χ4n) is 2.75. The molecule has 1 saturated carbocycles. The highest BCUT2D eigenvalue weighted by Crippen LogP contribution is 2.35. The fourth-order valence-corrected chi connectivity index (χ4v) is 4.05. The van der Waals surface area contributed by atoms with E-state index in [0.29, 0.717) is 12.2 Å². The van der Waals surface area contributed by atoms with E-state index in [1.165, 1.54) is 19.3 Å². The molecular formula is C15H24N2O2S. The Morgan fingerprint density at radius 3 is 2.35 bits per heavy atom. The predicted molar refractivity (Wildman–Crippen MR) is 82.7 cm³/mol. The first-order valence-corrected chi connectivity index (χ1v) is 8.86. The van der Waals surface area contributed by atoms with E-state index in [4.69, 9.17) is 5.73 Å². The molecule has 0 heterocycles. The minimum absolute atomic E-state index is 0.0172. The first kappa shape index (κ1) is 15.3. The smallest absolute Gasteiger partial charge is 0.215 e. The van der Waals surface area contributed by atoms with Crippen molar-refractivity contribution in [2.75, 3.05) is 12.3 Å². The lowest BCUT2D eigenvalue weighted by Gasteiger charge is -2.33. The molecule has 1 aromatic rings. The first-order valence-electron chi connectivity index (χ1n) is 7.20. The molecule has 1 fully saturated rings. The van der Waals surface area contributed by atoms with Gasteiger partial charge in [-0.2, -0.15) is 0 Å². The van der Waals surface area contributed by atoms with Gasteiger partial charge in [-0.25, -0.2) is 13.1 Å². The maximum absolute atomic E-state index is 12.1. The van der Waals surface area contributed by atoms with Crippen molar-refractivity contribution in [2.45, 2.75) is 44.8 Å². The highest BCUT2D eigenvalue weighted by molar-refractivity contribution is 7.88. The van der Waals surface area contributed by atoms with E-state index < -0.39 is 10.0 Å². The van der Waals surface area contributed by atoms with Gasteiger partial charge in [-0.3, -0.25) is 0 Å². The van der Waals surface area contributed by atoms with Crippen LogP contribution in [0.2, 0.25) is 0 Å². The molecule has 0 aromatic heterocycles. The standard InChI is InChI=1S/C15H24N2O2S/c1-15(9-3-2-4-10-15)12-17-20(18,19)11-13-5-7-14(16)8-6-13/h5-8,17H,2-4,9-12,16H2,1H3. The van der Waals surface area contributed by atoms with Crippen LogP contribution in [0.25, 0.3) is 0 Å². The fraction of sp³-hybridized carbons (Fsp3) is 0.600. The van der Waals surface area contributed by atoms with Gasteiger partial charge in [0, 0.05) is 12.2 Å². The van der Waals surface area contributed by atoms with Gasteiger partial charge in [0.15, 0.2) is 0 Å². The molecule has 0 bridgehead atoms. The minimum Gasteiger partial charge on any atom is -0.399 e. The molecule has 5 heteroatoms. The summed E-state index contributed by atoms with van der Waals surface area (Å²) in [5, 5.41) is 0. The van der Waals surface area contributed by atoms with Gasteiger partial charge >= 0.3 is 0 Å². The lowest BCUT2D eigenvalue weighted by molar-refractivity contribution is 0.219. The van der Waals surface area contributed by atoms with E-state index >= 15 is 0 Å². The van der Waals surface area contributed by atoms with Crippen LogP contribution < -0.4 is 10.5 Å². The van der Waals surface area contributed by atoms with Crippen molar-refractivity contribution < 1.29 is 8.42 Å². The third-order valence-corrected chi connectivity index (χ3v) is 5.41. The summed E-state index contributed by atoms with van der Waals surface area (Å²) in [5.41, 5.74) is 7.13. The number of nitrogen functional groups attached to an aromatic ring is 1. The summed E-state index contributed by atoms with van der Waals surface area (Å²) < 4.78 is 27.0. The van der Waals surface area contributed by atoms with Gasteiger partial charge in [0.05, 0.1) is 5.75 Å². The van der Waals surface area contributed by atoms with Gasteiger partial charge in [-0.1, -0.05) is 38.3 Å². The molecule has 2 rings (SSSR count). The van der Waals surface area contributed by atoms with Crippen molar-refractivity contribution >= 4 is 15.7 Å². The molecule has 1 aliphatic carbocycles. The van der Waals surface area contributed by atoms with Crippen molar-refractivity contribution in [1.29, 1.82) is 0 Å². The summed E-state index contributed by atoms with van der Waals surface area (Å²) in [6.45, 7) is 2.72. The van der Waals surface area contributed by atoms with Crippen molar-refractivity contribution in [1.82, 2.24) is 4.72 Å². The molecule has 0 unspecified atom stereocenters. The second-order valence-electron chi connectivity index (χ2n) is 6.19. The van der Waals surface area contributed by atoms with Gasteiger partial charge in [-0.05, 0) is 36.0 Å². The molecule has 1 aromatic carbocycles. The molecular weight excluding hydrogens is 272 g/mol. The normalized spacial score (nSPS) is 18.9. The van der Waals surface area contributed by atoms with E-state index in [1.54, 1.807) is 24.3 Å². The van der Waals surface area contributed by atoms with Crippen LogP contribution in [0.3, 0.4) is 0 Å². The number of rotatable bonds is 5. The summed E-state index contributed by atoms with van der Waals surface area (Å²) in [7, 11) is -3.28. The van der Waals surface area contributed by atoms with Crippen molar-refractivity contribution in [2.24, 2.45) is 5.41 Å². The van der Waals surface area contributed by atoms with E-state index in [0.717, 1.165) is 18.4 Å². The van der Waals surface area contributed by atoms with Crippen LogP contribution in [-0.4, -0.2) is 15.0 Å². The molecule has 0 radical (unpaired) electrons. The maximum Gasteiger partial charge on any atom is 0.215 e. The van der Waals surface area contributed by atoms with E-state index in [9.17, 15) is 8.42 Å². The summed E-state index contributed by atoms with van der Waals surface area (Å²) in [4.78, 5) is 0. The Kier molecular flexibility index (Phi) is 4.70. The van der Waals surface area contributed by atoms with Crippen LogP contribution in [0.4, 0.5) is 5.69 Å². The molecule has 4 nitrogen and oxygen atoms in total. The minimum atomic E-state index is -3.28. The van der Waals surface area contributed by atoms with Crippen molar-refractivity contribution in [3.8, 4) is 0 Å². The van der Waals surface area contributed by atoms with Crippen molar-refractivity contribution in [3.05, 3.63) is 29.8 Å². The number of nitrogens with two attached hydrogens (primary N) is 1. The van der Waals surface area contributed by atoms with Crippen LogP contribution >= 0.6 is 0 Å². The van der Waals surface area contributed by atoms with Gasteiger partial charge in [0.1, 0.15) is 0 Å². The molecule has 20 heavy (non-hydrogen) atoms. The largest absolute Gasteiger partial charge is 0.399 e. The topological polar surface area (TPSA) is 72.2 Å². The Bertz CT molecular complexity index is 531. The molecule has 0 saturated heterocycles. The van der Waals surface area contributed by atoms with E-state index in [2.05, 4.69) is 11.6 Å². The summed E-state index contributed by atoms with van der Waals surface area (Å²) in [6, 6.07) is 6.98. The Morgan fingerprint density at radius 2 is 1.75 bits per heavy atom. The highest BCUT2D eigenvalue weighted by Gasteiger charge is 2.28. The lowest BCUT2D eigenvalue weighted by atomic mass is 9.76. The van der Waals surface area contributed by atoms with Gasteiger partial charge in [0.2, 0.25) is 10.0 Å². The Hall–Kier alpha value is -1.07. The molecule has 0 spiro atoms. The van der Waals surface area contributed by atoms with Crippen LogP contribution in [-0.2, 0) is 15.8 Å². The number of anilines is 1. The zero-order chi connectivity index (χ0) is 14.6. The van der Waals surface area contributed by atoms with Gasteiger partial charge in [0.25, 0.3) is 0 Å². The molecule has 0 atom stereocenters. The van der Waals surface area contributed by atoms with Crippen LogP contribution in [0.5, 0.6) is 0 Å². The molecule has 3 N–H and O–H groups in total. The second kappa shape index (κ2) is 6.14. The highest BCUT2D eigenvalue weighted by atomic mass is 32.2. The quantitative estimate of drug-likeness (QED) is 0.821. The third kappa shape index (κ3) is 4.49. The summed E-state index contributed by atoms with van der Waals surface area (Å²) in [5.74, 6) is 0.0172. The Morgan fingerprint density at radius 1 is 1.15 bits per heavy atom. The van der Waals surface area contributed by atoms with Gasteiger partial charge in [-0.15, -0.1) is 0 Å². The predicted octanol–water partition coefficient (Wildman–Crippen LogP) is 2.66. The number of hydrogen-bond acceptors (Lipinski definition) is 3. The maximum atomic E-state index is 12.1. The van der Waals surface area contributed by atoms with Crippen molar-refractivity contribution in [3.63, 3.8) is 0 Å². The summed E-state index contributed by atoms with van der Waals surface area (Å²) >= 11 is 0. The zero-order valence-corrected chi connectivity index (χ0v) is 12.9. The lowest BCUT2D eigenvalue weighted by Crippen LogP contribution is -2.37. The molecule has 0 aliphatic heterocycles. The average molecular weight is 296 g/mol. The zero-order valence-electron chi connectivity index (χ0n) is 12.1. The Labute approximate surface area is 121 Å².